The van der Waals surface area contributed by atoms with Crippen LogP contribution in [-0.4, -0.2) is 36.1 Å². The first-order valence-electron chi connectivity index (χ1n) is 6.56. The summed E-state index contributed by atoms with van der Waals surface area (Å²) in [5.74, 6) is 0.662. The summed E-state index contributed by atoms with van der Waals surface area (Å²) in [6, 6.07) is 0.446. The maximum absolute atomic E-state index is 6.32. The van der Waals surface area contributed by atoms with Gasteiger partial charge in [-0.2, -0.15) is 5.10 Å². The monoisotopic (exact) mass is 271 g/mol. The van der Waals surface area contributed by atoms with Crippen molar-refractivity contribution in [3.63, 3.8) is 0 Å². The van der Waals surface area contributed by atoms with Gasteiger partial charge in [0.05, 0.1) is 16.4 Å². The number of nitrogens with zero attached hydrogens (tertiary/aromatic N) is 2. The highest BCUT2D eigenvalue weighted by Crippen LogP contribution is 2.25. The molecular weight excluding hydrogens is 250 g/mol. The predicted octanol–water partition coefficient (Wildman–Crippen LogP) is 1.94. The van der Waals surface area contributed by atoms with Gasteiger partial charge in [0.25, 0.3) is 0 Å². The van der Waals surface area contributed by atoms with Gasteiger partial charge in [0, 0.05) is 32.7 Å². The second-order valence-corrected chi connectivity index (χ2v) is 5.40. The number of halogens is 1. The lowest BCUT2D eigenvalue weighted by Gasteiger charge is -2.30. The summed E-state index contributed by atoms with van der Waals surface area (Å²) in [7, 11) is 3.99. The molecule has 0 aromatic carbocycles. The van der Waals surface area contributed by atoms with Gasteiger partial charge in [-0.25, -0.2) is 0 Å². The summed E-state index contributed by atoms with van der Waals surface area (Å²) in [6.07, 6.45) is 3.18. The molecule has 2 heterocycles. The van der Waals surface area contributed by atoms with Crippen LogP contribution >= 0.6 is 11.6 Å². The third kappa shape index (κ3) is 2.87. The highest BCUT2D eigenvalue weighted by molar-refractivity contribution is 6.31. The first kappa shape index (κ1) is 13.8. The fraction of sp³-hybridized carbons (Fsp3) is 0.769. The summed E-state index contributed by atoms with van der Waals surface area (Å²) in [4.78, 5) is 0. The van der Waals surface area contributed by atoms with E-state index in [1.807, 2.05) is 25.7 Å². The number of aryl methyl sites for hydroxylation is 2. The van der Waals surface area contributed by atoms with E-state index in [1.54, 1.807) is 0 Å². The van der Waals surface area contributed by atoms with Gasteiger partial charge in [-0.15, -0.1) is 0 Å². The van der Waals surface area contributed by atoms with Crippen molar-refractivity contribution in [3.8, 4) is 0 Å². The van der Waals surface area contributed by atoms with Crippen molar-refractivity contribution in [2.24, 2.45) is 13.0 Å². The molecule has 1 atom stereocenters. The number of hydrogen-bond donors (Lipinski definition) is 1. The van der Waals surface area contributed by atoms with E-state index < -0.39 is 0 Å². The van der Waals surface area contributed by atoms with E-state index in [4.69, 9.17) is 16.3 Å². The molecule has 0 spiro atoms. The molecule has 0 bridgehead atoms. The molecule has 1 saturated heterocycles. The summed E-state index contributed by atoms with van der Waals surface area (Å²) in [5.41, 5.74) is 2.04. The van der Waals surface area contributed by atoms with Crippen LogP contribution < -0.4 is 5.32 Å². The topological polar surface area (TPSA) is 39.1 Å². The van der Waals surface area contributed by atoms with Crippen LogP contribution in [-0.2, 0) is 18.2 Å². The smallest absolute Gasteiger partial charge is 0.0847 e. The van der Waals surface area contributed by atoms with Gasteiger partial charge in [0.15, 0.2) is 0 Å². The number of likely N-dealkylation sites (N-methyl/N-ethyl adjacent to an activating group) is 1. The van der Waals surface area contributed by atoms with E-state index in [2.05, 4.69) is 10.4 Å². The van der Waals surface area contributed by atoms with Gasteiger partial charge in [0.2, 0.25) is 0 Å². The predicted molar refractivity (Wildman–Crippen MR) is 73.0 cm³/mol. The van der Waals surface area contributed by atoms with E-state index in [0.717, 1.165) is 48.9 Å². The first-order chi connectivity index (χ1) is 8.63. The fourth-order valence-corrected chi connectivity index (χ4v) is 2.97. The summed E-state index contributed by atoms with van der Waals surface area (Å²) in [5, 5.41) is 8.61. The Morgan fingerprint density at radius 1 is 1.50 bits per heavy atom. The zero-order valence-corrected chi connectivity index (χ0v) is 12.1. The lowest BCUT2D eigenvalue weighted by Crippen LogP contribution is -2.39. The van der Waals surface area contributed by atoms with Crippen LogP contribution in [0.25, 0.3) is 0 Å². The molecule has 0 aliphatic carbocycles. The second-order valence-electron chi connectivity index (χ2n) is 5.02. The molecule has 102 valence electrons. The average molecular weight is 272 g/mol. The van der Waals surface area contributed by atoms with Gasteiger partial charge in [-0.1, -0.05) is 11.6 Å². The van der Waals surface area contributed by atoms with Crippen molar-refractivity contribution < 1.29 is 4.74 Å². The molecular formula is C13H22ClN3O. The molecule has 5 heteroatoms. The average Bonchev–Trinajstić information content (AvgIpc) is 2.62. The molecule has 1 aliphatic heterocycles. The van der Waals surface area contributed by atoms with Crippen LogP contribution in [0.3, 0.4) is 0 Å². The maximum atomic E-state index is 6.32. The Hall–Kier alpha value is -0.580. The fourth-order valence-electron chi connectivity index (χ4n) is 2.73. The zero-order chi connectivity index (χ0) is 13.1. The number of aromatic nitrogens is 2. The van der Waals surface area contributed by atoms with E-state index in [9.17, 15) is 0 Å². The summed E-state index contributed by atoms with van der Waals surface area (Å²) in [6.45, 7) is 3.71. The van der Waals surface area contributed by atoms with Crippen molar-refractivity contribution in [2.75, 3.05) is 20.3 Å². The van der Waals surface area contributed by atoms with Crippen LogP contribution in [0.15, 0.2) is 0 Å². The zero-order valence-electron chi connectivity index (χ0n) is 11.4. The SMILES string of the molecule is CNC(Cc1c(Cl)c(C)nn1C)C1CCOCC1. The number of rotatable bonds is 4. The van der Waals surface area contributed by atoms with Gasteiger partial charge in [-0.3, -0.25) is 4.68 Å². The number of hydrogen-bond acceptors (Lipinski definition) is 3. The first-order valence-corrected chi connectivity index (χ1v) is 6.94. The van der Waals surface area contributed by atoms with E-state index >= 15 is 0 Å². The highest BCUT2D eigenvalue weighted by atomic mass is 35.5. The Morgan fingerprint density at radius 3 is 2.67 bits per heavy atom. The Balaban J connectivity index is 2.09. The van der Waals surface area contributed by atoms with Crippen molar-refractivity contribution in [3.05, 3.63) is 16.4 Å². The molecule has 1 aromatic rings. The van der Waals surface area contributed by atoms with Crippen LogP contribution in [0.5, 0.6) is 0 Å². The second kappa shape index (κ2) is 6.04. The van der Waals surface area contributed by atoms with Crippen LogP contribution in [0.2, 0.25) is 5.02 Å². The van der Waals surface area contributed by atoms with Gasteiger partial charge >= 0.3 is 0 Å². The summed E-state index contributed by atoms with van der Waals surface area (Å²) >= 11 is 6.32. The van der Waals surface area contributed by atoms with E-state index in [1.165, 1.54) is 0 Å². The molecule has 18 heavy (non-hydrogen) atoms. The van der Waals surface area contributed by atoms with Gasteiger partial charge < -0.3 is 10.1 Å². The molecule has 1 fully saturated rings. The minimum atomic E-state index is 0.446. The Kier molecular flexibility index (Phi) is 4.65. The molecule has 0 saturated carbocycles. The van der Waals surface area contributed by atoms with Crippen LogP contribution in [0.1, 0.15) is 24.2 Å². The third-order valence-electron chi connectivity index (χ3n) is 3.88. The Labute approximate surface area is 114 Å². The van der Waals surface area contributed by atoms with Crippen molar-refractivity contribution in [1.82, 2.24) is 15.1 Å². The minimum absolute atomic E-state index is 0.446. The molecule has 1 N–H and O–H groups in total. The quantitative estimate of drug-likeness (QED) is 0.910. The van der Waals surface area contributed by atoms with E-state index in [-0.39, 0.29) is 0 Å². The minimum Gasteiger partial charge on any atom is -0.381 e. The maximum Gasteiger partial charge on any atom is 0.0847 e. The molecule has 2 rings (SSSR count). The molecule has 0 radical (unpaired) electrons. The molecule has 0 amide bonds. The normalized spacial score (nSPS) is 19.1. The van der Waals surface area contributed by atoms with Gasteiger partial charge in [-0.05, 0) is 32.7 Å². The largest absolute Gasteiger partial charge is 0.381 e. The third-order valence-corrected chi connectivity index (χ3v) is 4.37. The standard InChI is InChI=1S/C13H22ClN3O/c1-9-13(14)12(17(3)16-9)8-11(15-2)10-4-6-18-7-5-10/h10-11,15H,4-8H2,1-3H3. The molecule has 1 unspecified atom stereocenters. The lowest BCUT2D eigenvalue weighted by molar-refractivity contribution is 0.0545. The van der Waals surface area contributed by atoms with Gasteiger partial charge in [0.1, 0.15) is 0 Å². The molecule has 1 aromatic heterocycles. The van der Waals surface area contributed by atoms with Crippen molar-refractivity contribution in [1.29, 1.82) is 0 Å². The Morgan fingerprint density at radius 2 is 2.17 bits per heavy atom. The summed E-state index contributed by atoms with van der Waals surface area (Å²) < 4.78 is 7.33. The van der Waals surface area contributed by atoms with Crippen LogP contribution in [0, 0.1) is 12.8 Å². The van der Waals surface area contributed by atoms with E-state index in [0.29, 0.717) is 12.0 Å². The van der Waals surface area contributed by atoms with Crippen molar-refractivity contribution in [2.45, 2.75) is 32.2 Å². The Bertz CT molecular complexity index is 399. The molecule has 4 nitrogen and oxygen atoms in total. The number of ether oxygens (including phenoxy) is 1. The number of nitrogens with one attached hydrogen (secondary N) is 1. The lowest BCUT2D eigenvalue weighted by atomic mass is 9.89. The molecule has 1 aliphatic rings. The van der Waals surface area contributed by atoms with Crippen molar-refractivity contribution >= 4 is 11.6 Å². The van der Waals surface area contributed by atoms with Crippen LogP contribution in [0.4, 0.5) is 0 Å². The highest BCUT2D eigenvalue weighted by Gasteiger charge is 2.25.